The van der Waals surface area contributed by atoms with Crippen molar-refractivity contribution in [3.63, 3.8) is 0 Å². The van der Waals surface area contributed by atoms with Crippen molar-refractivity contribution in [3.05, 3.63) is 71.1 Å². The first kappa shape index (κ1) is 20.5. The van der Waals surface area contributed by atoms with Crippen molar-refractivity contribution in [2.75, 3.05) is 44.2 Å². The van der Waals surface area contributed by atoms with Crippen LogP contribution < -0.4 is 15.2 Å². The van der Waals surface area contributed by atoms with Gasteiger partial charge in [-0.3, -0.25) is 14.7 Å². The third kappa shape index (κ3) is 4.57. The first-order valence-corrected chi connectivity index (χ1v) is 11.2. The van der Waals surface area contributed by atoms with Crippen molar-refractivity contribution in [3.8, 4) is 5.88 Å². The van der Waals surface area contributed by atoms with Crippen LogP contribution >= 0.6 is 0 Å². The number of anilines is 1. The number of pyridine rings is 3. The first-order valence-electron chi connectivity index (χ1n) is 11.2. The maximum absolute atomic E-state index is 11.5. The Morgan fingerprint density at radius 2 is 1.81 bits per heavy atom. The van der Waals surface area contributed by atoms with Gasteiger partial charge in [-0.05, 0) is 55.8 Å². The highest BCUT2D eigenvalue weighted by atomic mass is 16.5. The molecule has 0 radical (unpaired) electrons. The zero-order valence-electron chi connectivity index (χ0n) is 18.0. The Bertz CT molecular complexity index is 1260. The Hall–Kier alpha value is -3.45. The van der Waals surface area contributed by atoms with Gasteiger partial charge in [0.05, 0.1) is 12.1 Å². The molecular formula is C25H27N5O2. The Morgan fingerprint density at radius 1 is 0.938 bits per heavy atom. The minimum absolute atomic E-state index is 0.153. The van der Waals surface area contributed by atoms with Gasteiger partial charge in [-0.15, -0.1) is 0 Å². The lowest BCUT2D eigenvalue weighted by Gasteiger charge is -2.36. The molecule has 3 aromatic heterocycles. The van der Waals surface area contributed by atoms with Gasteiger partial charge in [0.2, 0.25) is 11.4 Å². The molecule has 1 N–H and O–H groups in total. The molecule has 7 heteroatoms. The molecule has 7 nitrogen and oxygen atoms in total. The molecule has 0 amide bonds. The number of rotatable bonds is 7. The maximum atomic E-state index is 11.5. The van der Waals surface area contributed by atoms with Gasteiger partial charge in [-0.2, -0.15) is 4.98 Å². The van der Waals surface area contributed by atoms with Crippen molar-refractivity contribution in [2.45, 2.75) is 12.8 Å². The van der Waals surface area contributed by atoms with Crippen molar-refractivity contribution >= 4 is 27.6 Å². The van der Waals surface area contributed by atoms with Crippen LogP contribution in [0.1, 0.15) is 12.8 Å². The molecule has 5 rings (SSSR count). The Balaban J connectivity index is 1.06. The van der Waals surface area contributed by atoms with E-state index in [0.717, 1.165) is 56.5 Å². The van der Waals surface area contributed by atoms with Crippen molar-refractivity contribution in [1.82, 2.24) is 19.9 Å². The number of piperazine rings is 1. The number of aromatic nitrogens is 3. The molecule has 0 aliphatic carbocycles. The van der Waals surface area contributed by atoms with Gasteiger partial charge in [0, 0.05) is 61.0 Å². The molecule has 1 aliphatic heterocycles. The number of hydrogen-bond acceptors (Lipinski definition) is 6. The highest BCUT2D eigenvalue weighted by molar-refractivity contribution is 5.91. The molecule has 0 saturated carbocycles. The summed E-state index contributed by atoms with van der Waals surface area (Å²) in [5.74, 6) is 0.553. The number of aromatic amines is 1. The number of hydrogen-bond donors (Lipinski definition) is 1. The van der Waals surface area contributed by atoms with Gasteiger partial charge in [-0.1, -0.05) is 6.07 Å². The molecule has 1 saturated heterocycles. The molecule has 1 aromatic carbocycles. The van der Waals surface area contributed by atoms with E-state index in [2.05, 4.69) is 49.0 Å². The highest BCUT2D eigenvalue weighted by Crippen LogP contribution is 2.26. The van der Waals surface area contributed by atoms with Gasteiger partial charge >= 0.3 is 0 Å². The van der Waals surface area contributed by atoms with Crippen LogP contribution in [0.4, 0.5) is 5.69 Å². The number of ether oxygens (including phenoxy) is 1. The second kappa shape index (κ2) is 9.36. The fourth-order valence-electron chi connectivity index (χ4n) is 4.28. The fraction of sp³-hybridized carbons (Fsp3) is 0.320. The number of unbranched alkanes of at least 4 members (excludes halogenated alkanes) is 1. The van der Waals surface area contributed by atoms with E-state index in [4.69, 9.17) is 4.74 Å². The zero-order valence-corrected chi connectivity index (χ0v) is 18.0. The molecule has 0 unspecified atom stereocenters. The minimum Gasteiger partial charge on any atom is -0.478 e. The molecule has 32 heavy (non-hydrogen) atoms. The van der Waals surface area contributed by atoms with E-state index in [-0.39, 0.29) is 5.56 Å². The van der Waals surface area contributed by atoms with Crippen LogP contribution in [0, 0.1) is 0 Å². The van der Waals surface area contributed by atoms with Crippen LogP contribution in [0.25, 0.3) is 21.9 Å². The number of benzene rings is 1. The summed E-state index contributed by atoms with van der Waals surface area (Å²) in [6.45, 7) is 5.90. The van der Waals surface area contributed by atoms with Gasteiger partial charge in [0.15, 0.2) is 0 Å². The van der Waals surface area contributed by atoms with E-state index in [0.29, 0.717) is 18.1 Å². The van der Waals surface area contributed by atoms with Crippen LogP contribution in [0.5, 0.6) is 5.88 Å². The average molecular weight is 430 g/mol. The summed E-state index contributed by atoms with van der Waals surface area (Å²) in [5.41, 5.74) is 2.75. The number of nitrogens with zero attached hydrogens (tertiary/aromatic N) is 4. The SMILES string of the molecule is O=c1ccc2ccc(OCCCCN3CCN(c4cccc5ncccc45)CC3)nc2[nH]1. The summed E-state index contributed by atoms with van der Waals surface area (Å²) < 4.78 is 5.79. The van der Waals surface area contributed by atoms with E-state index >= 15 is 0 Å². The lowest BCUT2D eigenvalue weighted by atomic mass is 10.1. The number of nitrogens with one attached hydrogen (secondary N) is 1. The molecule has 1 fully saturated rings. The number of H-pyrrole nitrogens is 1. The summed E-state index contributed by atoms with van der Waals surface area (Å²) in [5, 5.41) is 2.13. The van der Waals surface area contributed by atoms with Gasteiger partial charge in [0.25, 0.3) is 0 Å². The second-order valence-electron chi connectivity index (χ2n) is 8.14. The Kier molecular flexibility index (Phi) is 5.98. The smallest absolute Gasteiger partial charge is 0.249 e. The lowest BCUT2D eigenvalue weighted by molar-refractivity contribution is 0.237. The summed E-state index contributed by atoms with van der Waals surface area (Å²) in [6.07, 6.45) is 3.91. The molecule has 1 aliphatic rings. The molecule has 164 valence electrons. The predicted molar refractivity (Wildman–Crippen MR) is 127 cm³/mol. The van der Waals surface area contributed by atoms with Crippen molar-refractivity contribution < 1.29 is 4.74 Å². The fourth-order valence-corrected chi connectivity index (χ4v) is 4.28. The lowest BCUT2D eigenvalue weighted by Crippen LogP contribution is -2.46. The van der Waals surface area contributed by atoms with Crippen molar-refractivity contribution in [2.24, 2.45) is 0 Å². The summed E-state index contributed by atoms with van der Waals surface area (Å²) in [6, 6.07) is 17.6. The molecule has 0 bridgehead atoms. The second-order valence-corrected chi connectivity index (χ2v) is 8.14. The molecule has 4 aromatic rings. The molecule has 0 spiro atoms. The molecule has 4 heterocycles. The monoisotopic (exact) mass is 429 g/mol. The van der Waals surface area contributed by atoms with Crippen LogP contribution in [0.2, 0.25) is 0 Å². The third-order valence-electron chi connectivity index (χ3n) is 6.01. The van der Waals surface area contributed by atoms with Crippen LogP contribution in [-0.4, -0.2) is 59.2 Å². The first-order chi connectivity index (χ1) is 15.8. The van der Waals surface area contributed by atoms with Crippen LogP contribution in [0.3, 0.4) is 0 Å². The van der Waals surface area contributed by atoms with E-state index in [1.54, 1.807) is 6.07 Å². The van der Waals surface area contributed by atoms with Gasteiger partial charge < -0.3 is 14.6 Å². The normalized spacial score (nSPS) is 14.8. The van der Waals surface area contributed by atoms with E-state index in [1.165, 1.54) is 17.1 Å². The predicted octanol–water partition coefficient (Wildman–Crippen LogP) is 3.45. The van der Waals surface area contributed by atoms with Crippen LogP contribution in [0.15, 0.2) is 65.6 Å². The van der Waals surface area contributed by atoms with Gasteiger partial charge in [0.1, 0.15) is 5.65 Å². The highest BCUT2D eigenvalue weighted by Gasteiger charge is 2.18. The molecule has 0 atom stereocenters. The average Bonchev–Trinajstić information content (AvgIpc) is 2.83. The zero-order chi connectivity index (χ0) is 21.8. The quantitative estimate of drug-likeness (QED) is 0.454. The van der Waals surface area contributed by atoms with Crippen molar-refractivity contribution in [1.29, 1.82) is 0 Å². The summed E-state index contributed by atoms with van der Waals surface area (Å²) in [7, 11) is 0. The topological polar surface area (TPSA) is 74.3 Å². The summed E-state index contributed by atoms with van der Waals surface area (Å²) >= 11 is 0. The third-order valence-corrected chi connectivity index (χ3v) is 6.01. The minimum atomic E-state index is -0.153. The number of fused-ring (bicyclic) bond motifs is 2. The van der Waals surface area contributed by atoms with E-state index in [1.807, 2.05) is 24.4 Å². The van der Waals surface area contributed by atoms with Gasteiger partial charge in [-0.25, -0.2) is 0 Å². The molecular weight excluding hydrogens is 402 g/mol. The van der Waals surface area contributed by atoms with E-state index in [9.17, 15) is 4.79 Å². The standard InChI is InChI=1S/C25H27N5O2/c31-23-10-8-19-9-11-24(28-25(19)27-23)32-18-2-1-13-29-14-16-30(17-15-29)22-7-3-6-21-20(22)5-4-12-26-21/h3-12H,1-2,13-18H2,(H,27,28,31). The summed E-state index contributed by atoms with van der Waals surface area (Å²) in [4.78, 5) is 28.1. The van der Waals surface area contributed by atoms with E-state index < -0.39 is 0 Å². The largest absolute Gasteiger partial charge is 0.478 e. The Labute approximate surface area is 186 Å². The Morgan fingerprint density at radius 3 is 2.72 bits per heavy atom. The maximum Gasteiger partial charge on any atom is 0.249 e. The van der Waals surface area contributed by atoms with Crippen LogP contribution in [-0.2, 0) is 0 Å².